The Morgan fingerprint density at radius 1 is 1.16 bits per heavy atom. The zero-order valence-electron chi connectivity index (χ0n) is 18.9. The predicted octanol–water partition coefficient (Wildman–Crippen LogP) is 3.34. The van der Waals surface area contributed by atoms with Crippen LogP contribution in [-0.4, -0.2) is 63.9 Å². The normalized spacial score (nSPS) is 21.7. The smallest absolute Gasteiger partial charge is 0.255 e. The molecule has 1 amide bonds. The number of ether oxygens (including phenoxy) is 2. The van der Waals surface area contributed by atoms with Gasteiger partial charge in [-0.3, -0.25) is 9.69 Å². The number of hydrogen-bond donors (Lipinski definition) is 1. The zero-order valence-corrected chi connectivity index (χ0v) is 19.7. The van der Waals surface area contributed by atoms with Crippen LogP contribution in [0, 0.1) is 0 Å². The summed E-state index contributed by atoms with van der Waals surface area (Å²) in [7, 11) is -3.49. The number of hydrogen-bond acceptors (Lipinski definition) is 6. The Bertz CT molecular complexity index is 973. The molecule has 1 unspecified atom stereocenters. The topological polar surface area (TPSA) is 84.9 Å². The Hall–Kier alpha value is -2.06. The van der Waals surface area contributed by atoms with Gasteiger partial charge in [-0.2, -0.15) is 0 Å². The van der Waals surface area contributed by atoms with E-state index in [1.165, 1.54) is 43.4 Å². The third-order valence-electron chi connectivity index (χ3n) is 6.59. The van der Waals surface area contributed by atoms with Crippen molar-refractivity contribution < 1.29 is 22.7 Å². The van der Waals surface area contributed by atoms with Crippen molar-refractivity contribution in [3.63, 3.8) is 0 Å². The van der Waals surface area contributed by atoms with Gasteiger partial charge in [-0.25, -0.2) is 8.42 Å². The van der Waals surface area contributed by atoms with Crippen LogP contribution in [0.1, 0.15) is 62.2 Å². The van der Waals surface area contributed by atoms with E-state index >= 15 is 0 Å². The maximum atomic E-state index is 13.2. The van der Waals surface area contributed by atoms with Gasteiger partial charge in [0, 0.05) is 31.6 Å². The Morgan fingerprint density at radius 3 is 2.78 bits per heavy atom. The van der Waals surface area contributed by atoms with E-state index in [-0.39, 0.29) is 22.1 Å². The van der Waals surface area contributed by atoms with E-state index in [0.717, 1.165) is 25.9 Å². The fourth-order valence-corrected chi connectivity index (χ4v) is 5.63. The van der Waals surface area contributed by atoms with E-state index in [4.69, 9.17) is 9.47 Å². The highest BCUT2D eigenvalue weighted by molar-refractivity contribution is 7.91. The van der Waals surface area contributed by atoms with Crippen LogP contribution in [0.2, 0.25) is 0 Å². The molecule has 3 aliphatic rings. The second kappa shape index (κ2) is 10.3. The minimum Gasteiger partial charge on any atom is -0.489 e. The molecule has 176 valence electrons. The molecule has 1 fully saturated rings. The molecular weight excluding hydrogens is 428 g/mol. The third kappa shape index (κ3) is 5.29. The first-order valence-corrected chi connectivity index (χ1v) is 13.5. The molecule has 1 N–H and O–H groups in total. The van der Waals surface area contributed by atoms with Crippen LogP contribution in [0.3, 0.4) is 0 Å². The van der Waals surface area contributed by atoms with Crippen LogP contribution in [0.25, 0.3) is 0 Å². The maximum absolute atomic E-state index is 13.2. The molecule has 1 aromatic rings. The molecule has 0 aromatic heterocycles. The summed E-state index contributed by atoms with van der Waals surface area (Å²) >= 11 is 0. The first-order chi connectivity index (χ1) is 15.5. The van der Waals surface area contributed by atoms with E-state index in [2.05, 4.69) is 16.3 Å². The number of rotatable bonds is 7. The lowest BCUT2D eigenvalue weighted by Gasteiger charge is -2.27. The van der Waals surface area contributed by atoms with Gasteiger partial charge in [-0.05, 0) is 51.1 Å². The summed E-state index contributed by atoms with van der Waals surface area (Å²) < 4.78 is 36.5. The average molecular weight is 463 g/mol. The van der Waals surface area contributed by atoms with Crippen LogP contribution in [0.4, 0.5) is 0 Å². The molecule has 8 heteroatoms. The molecule has 32 heavy (non-hydrogen) atoms. The van der Waals surface area contributed by atoms with Crippen LogP contribution in [-0.2, 0) is 9.84 Å². The number of nitrogens with one attached hydrogen (secondary N) is 1. The molecule has 2 heterocycles. The molecule has 0 spiro atoms. The summed E-state index contributed by atoms with van der Waals surface area (Å²) in [5, 5.41) is 3.04. The van der Waals surface area contributed by atoms with Gasteiger partial charge in [-0.15, -0.1) is 0 Å². The lowest BCUT2D eigenvalue weighted by molar-refractivity contribution is 0.0937. The van der Waals surface area contributed by atoms with Crippen molar-refractivity contribution in [2.75, 3.05) is 38.6 Å². The number of fused-ring (bicyclic) bond motifs is 1. The summed E-state index contributed by atoms with van der Waals surface area (Å²) in [6.45, 7) is 5.02. The van der Waals surface area contributed by atoms with E-state index in [0.29, 0.717) is 43.7 Å². The van der Waals surface area contributed by atoms with Crippen LogP contribution >= 0.6 is 0 Å². The predicted molar refractivity (Wildman–Crippen MR) is 123 cm³/mol. The maximum Gasteiger partial charge on any atom is 0.255 e. The zero-order chi connectivity index (χ0) is 22.6. The molecule has 1 saturated heterocycles. The molecule has 1 aliphatic carbocycles. The average Bonchev–Trinajstić information content (AvgIpc) is 3.10. The van der Waals surface area contributed by atoms with Gasteiger partial charge in [-0.1, -0.05) is 18.6 Å². The number of likely N-dealkylation sites (tertiary alicyclic amines) is 1. The quantitative estimate of drug-likeness (QED) is 0.626. The van der Waals surface area contributed by atoms with Crippen molar-refractivity contribution in [2.45, 2.75) is 62.8 Å². The van der Waals surface area contributed by atoms with E-state index in [1.54, 1.807) is 6.92 Å². The Balaban J connectivity index is 1.50. The molecular formula is C24H34N2O5S. The Morgan fingerprint density at radius 2 is 2.00 bits per heavy atom. The third-order valence-corrected chi connectivity index (χ3v) is 8.31. The number of carbonyl (C=O) groups excluding carboxylic acids is 1. The molecule has 0 radical (unpaired) electrons. The summed E-state index contributed by atoms with van der Waals surface area (Å²) in [5.74, 6) is 0.309. The first-order valence-electron chi connectivity index (χ1n) is 11.8. The number of benzene rings is 1. The second-order valence-electron chi connectivity index (χ2n) is 8.84. The van der Waals surface area contributed by atoms with Crippen molar-refractivity contribution in [1.82, 2.24) is 10.2 Å². The largest absolute Gasteiger partial charge is 0.489 e. The summed E-state index contributed by atoms with van der Waals surface area (Å²) in [5.41, 5.74) is 1.75. The van der Waals surface area contributed by atoms with E-state index in [1.807, 2.05) is 0 Å². The minimum atomic E-state index is -3.49. The van der Waals surface area contributed by atoms with Gasteiger partial charge in [0.2, 0.25) is 0 Å². The number of allylic oxidation sites excluding steroid dienone is 1. The standard InChI is InChI=1S/C24H34N2O5S/c1-2-32(28,29)20-14-21(23-22(15-20)30-12-7-13-31-23)24(27)25-16-19-10-6-11-26(19)17-18-8-4-3-5-9-18/h8,14-15,19H,2-7,9-13,16-17H2,1H3,(H,25,27). The Kier molecular flexibility index (Phi) is 7.40. The lowest BCUT2D eigenvalue weighted by atomic mass is 9.99. The van der Waals surface area contributed by atoms with Gasteiger partial charge >= 0.3 is 0 Å². The Labute approximate surface area is 191 Å². The van der Waals surface area contributed by atoms with Crippen molar-refractivity contribution in [2.24, 2.45) is 0 Å². The van der Waals surface area contributed by atoms with Crippen molar-refractivity contribution >= 4 is 15.7 Å². The number of nitrogens with zero attached hydrogens (tertiary/aromatic N) is 1. The molecule has 0 bridgehead atoms. The lowest BCUT2D eigenvalue weighted by Crippen LogP contribution is -2.41. The van der Waals surface area contributed by atoms with Gasteiger partial charge in [0.1, 0.15) is 0 Å². The van der Waals surface area contributed by atoms with Crippen LogP contribution < -0.4 is 14.8 Å². The van der Waals surface area contributed by atoms with Gasteiger partial charge < -0.3 is 14.8 Å². The van der Waals surface area contributed by atoms with Gasteiger partial charge in [0.15, 0.2) is 21.3 Å². The van der Waals surface area contributed by atoms with Crippen LogP contribution in [0.5, 0.6) is 11.5 Å². The summed E-state index contributed by atoms with van der Waals surface area (Å²) in [6.07, 6.45) is 10.1. The monoisotopic (exact) mass is 462 g/mol. The highest BCUT2D eigenvalue weighted by Gasteiger charge is 2.28. The molecule has 0 saturated carbocycles. The van der Waals surface area contributed by atoms with E-state index in [9.17, 15) is 13.2 Å². The highest BCUT2D eigenvalue weighted by Crippen LogP contribution is 2.36. The van der Waals surface area contributed by atoms with Gasteiger partial charge in [0.05, 0.1) is 29.4 Å². The fourth-order valence-electron chi connectivity index (χ4n) is 4.71. The molecule has 1 aromatic carbocycles. The van der Waals surface area contributed by atoms with Crippen molar-refractivity contribution in [1.29, 1.82) is 0 Å². The molecule has 1 atom stereocenters. The van der Waals surface area contributed by atoms with Crippen molar-refractivity contribution in [3.05, 3.63) is 29.3 Å². The summed E-state index contributed by atoms with van der Waals surface area (Å²) in [4.78, 5) is 15.7. The minimum absolute atomic E-state index is 0.0411. The molecule has 4 rings (SSSR count). The number of carbonyl (C=O) groups is 1. The van der Waals surface area contributed by atoms with Gasteiger partial charge in [0.25, 0.3) is 5.91 Å². The number of amides is 1. The highest BCUT2D eigenvalue weighted by atomic mass is 32.2. The van der Waals surface area contributed by atoms with E-state index < -0.39 is 9.84 Å². The molecule has 2 aliphatic heterocycles. The first kappa shape index (κ1) is 23.1. The second-order valence-corrected chi connectivity index (χ2v) is 11.1. The number of sulfone groups is 1. The molecule has 7 nitrogen and oxygen atoms in total. The SMILES string of the molecule is CCS(=O)(=O)c1cc2c(c(C(=O)NCC3CCCN3CC3=CCCCC3)c1)OCCCO2. The van der Waals surface area contributed by atoms with Crippen molar-refractivity contribution in [3.8, 4) is 11.5 Å². The van der Waals surface area contributed by atoms with Crippen LogP contribution in [0.15, 0.2) is 28.7 Å². The fraction of sp³-hybridized carbons (Fsp3) is 0.625. The summed E-state index contributed by atoms with van der Waals surface area (Å²) in [6, 6.07) is 3.20.